The molecule has 19 heavy (non-hydrogen) atoms. The summed E-state index contributed by atoms with van der Waals surface area (Å²) < 4.78 is 35.1. The molecule has 7 heteroatoms. The molecule has 1 aliphatic heterocycles. The summed E-state index contributed by atoms with van der Waals surface area (Å²) in [7, 11) is -3.08. The van der Waals surface area contributed by atoms with Gasteiger partial charge in [-0.1, -0.05) is 12.1 Å². The molecule has 0 aromatic heterocycles. The van der Waals surface area contributed by atoms with Crippen LogP contribution in [-0.2, 0) is 14.6 Å². The van der Waals surface area contributed by atoms with Gasteiger partial charge in [0.05, 0.1) is 23.6 Å². The SMILES string of the molecule is O=C(N/N=C\c1ccc(F)cc1)[C@H]1CCS(=O)(=O)C1. The van der Waals surface area contributed by atoms with Crippen molar-refractivity contribution in [2.45, 2.75) is 6.42 Å². The first-order chi connectivity index (χ1) is 8.96. The van der Waals surface area contributed by atoms with E-state index in [1.165, 1.54) is 30.5 Å². The molecule has 102 valence electrons. The number of sulfone groups is 1. The van der Waals surface area contributed by atoms with Crippen LogP contribution in [0.25, 0.3) is 0 Å². The fraction of sp³-hybridized carbons (Fsp3) is 0.333. The first kappa shape index (κ1) is 13.7. The van der Waals surface area contributed by atoms with Gasteiger partial charge in [-0.2, -0.15) is 5.10 Å². The van der Waals surface area contributed by atoms with Crippen LogP contribution in [0.1, 0.15) is 12.0 Å². The van der Waals surface area contributed by atoms with Crippen LogP contribution in [0.2, 0.25) is 0 Å². The van der Waals surface area contributed by atoms with E-state index in [9.17, 15) is 17.6 Å². The number of rotatable bonds is 3. The summed E-state index contributed by atoms with van der Waals surface area (Å²) >= 11 is 0. The number of amides is 1. The minimum absolute atomic E-state index is 0.0484. The zero-order chi connectivity index (χ0) is 13.9. The van der Waals surface area contributed by atoms with E-state index in [4.69, 9.17) is 0 Å². The van der Waals surface area contributed by atoms with Gasteiger partial charge < -0.3 is 0 Å². The highest BCUT2D eigenvalue weighted by Gasteiger charge is 2.32. The number of carbonyl (C=O) groups excluding carboxylic acids is 1. The fourth-order valence-electron chi connectivity index (χ4n) is 1.81. The van der Waals surface area contributed by atoms with Crippen LogP contribution >= 0.6 is 0 Å². The van der Waals surface area contributed by atoms with Gasteiger partial charge in [-0.3, -0.25) is 4.79 Å². The van der Waals surface area contributed by atoms with Crippen molar-refractivity contribution in [2.75, 3.05) is 11.5 Å². The maximum atomic E-state index is 12.6. The zero-order valence-corrected chi connectivity index (χ0v) is 10.9. The lowest BCUT2D eigenvalue weighted by Gasteiger charge is -2.04. The summed E-state index contributed by atoms with van der Waals surface area (Å²) in [5.74, 6) is -1.36. The Labute approximate surface area is 110 Å². The molecule has 2 rings (SSSR count). The van der Waals surface area contributed by atoms with E-state index in [0.717, 1.165) is 0 Å². The van der Waals surface area contributed by atoms with Crippen LogP contribution in [0.3, 0.4) is 0 Å². The van der Waals surface area contributed by atoms with Crippen molar-refractivity contribution in [3.05, 3.63) is 35.6 Å². The lowest BCUT2D eigenvalue weighted by molar-refractivity contribution is -0.124. The van der Waals surface area contributed by atoms with Crippen molar-refractivity contribution >= 4 is 22.0 Å². The Balaban J connectivity index is 1.89. The van der Waals surface area contributed by atoms with Crippen LogP contribution < -0.4 is 5.43 Å². The fourth-order valence-corrected chi connectivity index (χ4v) is 3.55. The van der Waals surface area contributed by atoms with Gasteiger partial charge in [0, 0.05) is 0 Å². The Morgan fingerprint density at radius 2 is 2.05 bits per heavy atom. The van der Waals surface area contributed by atoms with Gasteiger partial charge in [0.2, 0.25) is 5.91 Å². The molecule has 1 fully saturated rings. The van der Waals surface area contributed by atoms with Crippen molar-refractivity contribution in [1.82, 2.24) is 5.43 Å². The smallest absolute Gasteiger partial charge is 0.244 e. The molecule has 5 nitrogen and oxygen atoms in total. The maximum Gasteiger partial charge on any atom is 0.244 e. The quantitative estimate of drug-likeness (QED) is 0.656. The minimum Gasteiger partial charge on any atom is -0.273 e. The molecule has 1 aliphatic rings. The molecule has 1 heterocycles. The average Bonchev–Trinajstić information content (AvgIpc) is 2.72. The number of hydrogen-bond donors (Lipinski definition) is 1. The standard InChI is InChI=1S/C12H13FN2O3S/c13-11-3-1-9(2-4-11)7-14-15-12(16)10-5-6-19(17,18)8-10/h1-4,7,10H,5-6,8H2,(H,15,16)/b14-7-/t10-/m0/s1. The topological polar surface area (TPSA) is 75.6 Å². The highest BCUT2D eigenvalue weighted by Crippen LogP contribution is 2.18. The Kier molecular flexibility index (Phi) is 3.94. The molecule has 0 saturated carbocycles. The van der Waals surface area contributed by atoms with Gasteiger partial charge in [0.1, 0.15) is 5.82 Å². The molecule has 0 aliphatic carbocycles. The van der Waals surface area contributed by atoms with Gasteiger partial charge in [0.25, 0.3) is 0 Å². The van der Waals surface area contributed by atoms with Crippen molar-refractivity contribution < 1.29 is 17.6 Å². The third-order valence-electron chi connectivity index (χ3n) is 2.86. The van der Waals surface area contributed by atoms with E-state index in [1.807, 2.05) is 0 Å². The number of halogens is 1. The molecule has 1 saturated heterocycles. The second-order valence-electron chi connectivity index (χ2n) is 4.39. The number of carbonyl (C=O) groups is 1. The predicted molar refractivity (Wildman–Crippen MR) is 68.9 cm³/mol. The number of benzene rings is 1. The van der Waals surface area contributed by atoms with Gasteiger partial charge >= 0.3 is 0 Å². The average molecular weight is 284 g/mol. The van der Waals surface area contributed by atoms with Crippen LogP contribution in [0, 0.1) is 11.7 Å². The lowest BCUT2D eigenvalue weighted by Crippen LogP contribution is -2.27. The van der Waals surface area contributed by atoms with E-state index < -0.39 is 21.7 Å². The maximum absolute atomic E-state index is 12.6. The Bertz CT molecular complexity index is 596. The minimum atomic E-state index is -3.08. The molecule has 0 spiro atoms. The summed E-state index contributed by atoms with van der Waals surface area (Å²) in [4.78, 5) is 11.6. The van der Waals surface area contributed by atoms with E-state index in [1.54, 1.807) is 0 Å². The van der Waals surface area contributed by atoms with Gasteiger partial charge in [0.15, 0.2) is 9.84 Å². The zero-order valence-electron chi connectivity index (χ0n) is 10.0. The molecule has 0 unspecified atom stereocenters. The van der Waals surface area contributed by atoms with E-state index >= 15 is 0 Å². The molecular formula is C12H13FN2O3S. The molecule has 1 N–H and O–H groups in total. The van der Waals surface area contributed by atoms with Crippen molar-refractivity contribution in [3.8, 4) is 0 Å². The van der Waals surface area contributed by atoms with Crippen LogP contribution in [0.4, 0.5) is 4.39 Å². The van der Waals surface area contributed by atoms with Crippen molar-refractivity contribution in [2.24, 2.45) is 11.0 Å². The highest BCUT2D eigenvalue weighted by molar-refractivity contribution is 7.91. The molecule has 1 aromatic rings. The van der Waals surface area contributed by atoms with E-state index in [2.05, 4.69) is 10.5 Å². The monoisotopic (exact) mass is 284 g/mol. The number of hydrogen-bond acceptors (Lipinski definition) is 4. The molecule has 0 bridgehead atoms. The van der Waals surface area contributed by atoms with Gasteiger partial charge in [-0.15, -0.1) is 0 Å². The van der Waals surface area contributed by atoms with Gasteiger partial charge in [-0.25, -0.2) is 18.2 Å². The van der Waals surface area contributed by atoms with Gasteiger partial charge in [-0.05, 0) is 24.1 Å². The Morgan fingerprint density at radius 1 is 1.37 bits per heavy atom. The molecule has 1 aromatic carbocycles. The Morgan fingerprint density at radius 3 is 2.63 bits per heavy atom. The number of hydrazone groups is 1. The summed E-state index contributed by atoms with van der Waals surface area (Å²) in [6, 6.07) is 5.61. The molecule has 1 atom stereocenters. The lowest BCUT2D eigenvalue weighted by atomic mass is 10.1. The molecule has 0 radical (unpaired) electrons. The first-order valence-corrected chi connectivity index (χ1v) is 7.57. The van der Waals surface area contributed by atoms with E-state index in [0.29, 0.717) is 12.0 Å². The number of nitrogens with zero attached hydrogens (tertiary/aromatic N) is 1. The predicted octanol–water partition coefficient (Wildman–Crippen LogP) is 0.710. The van der Waals surface area contributed by atoms with Crippen molar-refractivity contribution in [1.29, 1.82) is 0 Å². The Hall–Kier alpha value is -1.76. The van der Waals surface area contributed by atoms with Crippen LogP contribution in [0.5, 0.6) is 0 Å². The van der Waals surface area contributed by atoms with Crippen LogP contribution in [-0.4, -0.2) is 32.0 Å². The second-order valence-corrected chi connectivity index (χ2v) is 6.61. The second kappa shape index (κ2) is 5.48. The molecular weight excluding hydrogens is 271 g/mol. The summed E-state index contributed by atoms with van der Waals surface area (Å²) in [5.41, 5.74) is 2.94. The summed E-state index contributed by atoms with van der Waals surface area (Å²) in [6.45, 7) is 0. The van der Waals surface area contributed by atoms with Crippen LogP contribution in [0.15, 0.2) is 29.4 Å². The third-order valence-corrected chi connectivity index (χ3v) is 4.63. The van der Waals surface area contributed by atoms with E-state index in [-0.39, 0.29) is 17.3 Å². The number of nitrogens with one attached hydrogen (secondary N) is 1. The normalized spacial score (nSPS) is 21.6. The summed E-state index contributed by atoms with van der Waals surface area (Å²) in [6.07, 6.45) is 1.71. The van der Waals surface area contributed by atoms with Crippen molar-refractivity contribution in [3.63, 3.8) is 0 Å². The summed E-state index contributed by atoms with van der Waals surface area (Å²) in [5, 5.41) is 3.72. The highest BCUT2D eigenvalue weighted by atomic mass is 32.2. The first-order valence-electron chi connectivity index (χ1n) is 5.75. The third kappa shape index (κ3) is 3.85. The molecule has 1 amide bonds. The largest absolute Gasteiger partial charge is 0.273 e.